The van der Waals surface area contributed by atoms with E-state index in [9.17, 15) is 9.59 Å². The van der Waals surface area contributed by atoms with E-state index in [4.69, 9.17) is 10.5 Å². The van der Waals surface area contributed by atoms with Gasteiger partial charge in [-0.1, -0.05) is 17.8 Å². The Balaban J connectivity index is 2.05. The molecule has 0 saturated heterocycles. The third kappa shape index (κ3) is 3.47. The summed E-state index contributed by atoms with van der Waals surface area (Å²) in [5, 5.41) is 2.31. The number of rotatable bonds is 3. The largest absolute Gasteiger partial charge is 0.497 e. The van der Waals surface area contributed by atoms with E-state index in [1.807, 2.05) is 0 Å². The minimum atomic E-state index is -0.545. The van der Waals surface area contributed by atoms with Crippen LogP contribution in [0, 0.1) is 0 Å². The molecule has 0 aromatic heterocycles. The SMILES string of the molecule is COc1cccc(NC(=O)[C@@H]2CC(=O)N=C(N)S2)c1. The van der Waals surface area contributed by atoms with Gasteiger partial charge in [0, 0.05) is 11.8 Å². The first-order chi connectivity index (χ1) is 9.08. The minimum Gasteiger partial charge on any atom is -0.497 e. The van der Waals surface area contributed by atoms with E-state index < -0.39 is 5.25 Å². The summed E-state index contributed by atoms with van der Waals surface area (Å²) in [4.78, 5) is 26.9. The van der Waals surface area contributed by atoms with Gasteiger partial charge in [-0.25, -0.2) is 0 Å². The molecule has 7 heteroatoms. The van der Waals surface area contributed by atoms with Gasteiger partial charge in [0.05, 0.1) is 13.5 Å². The van der Waals surface area contributed by atoms with Crippen molar-refractivity contribution < 1.29 is 14.3 Å². The van der Waals surface area contributed by atoms with Gasteiger partial charge in [-0.05, 0) is 12.1 Å². The molecular formula is C12H13N3O3S. The van der Waals surface area contributed by atoms with Gasteiger partial charge in [0.1, 0.15) is 11.0 Å². The molecule has 1 heterocycles. The zero-order valence-corrected chi connectivity index (χ0v) is 11.1. The highest BCUT2D eigenvalue weighted by Crippen LogP contribution is 2.23. The maximum absolute atomic E-state index is 12.0. The van der Waals surface area contributed by atoms with E-state index in [0.717, 1.165) is 11.8 Å². The lowest BCUT2D eigenvalue weighted by Crippen LogP contribution is -2.33. The predicted octanol–water partition coefficient (Wildman–Crippen LogP) is 0.980. The third-order valence-corrected chi connectivity index (χ3v) is 3.49. The Bertz CT molecular complexity index is 545. The van der Waals surface area contributed by atoms with Gasteiger partial charge in [-0.15, -0.1) is 0 Å². The molecule has 6 nitrogen and oxygen atoms in total. The van der Waals surface area contributed by atoms with Crippen LogP contribution in [-0.2, 0) is 9.59 Å². The van der Waals surface area contributed by atoms with Gasteiger partial charge in [0.2, 0.25) is 11.8 Å². The molecule has 0 fully saturated rings. The fourth-order valence-corrected chi connectivity index (χ4v) is 2.45. The lowest BCUT2D eigenvalue weighted by molar-refractivity contribution is -0.121. The smallest absolute Gasteiger partial charge is 0.249 e. The summed E-state index contributed by atoms with van der Waals surface area (Å²) >= 11 is 1.09. The van der Waals surface area contributed by atoms with Crippen LogP contribution in [0.2, 0.25) is 0 Å². The van der Waals surface area contributed by atoms with Crippen molar-refractivity contribution >= 4 is 34.4 Å². The van der Waals surface area contributed by atoms with Gasteiger partial charge < -0.3 is 15.8 Å². The summed E-state index contributed by atoms with van der Waals surface area (Å²) in [6.07, 6.45) is 0.0567. The standard InChI is InChI=1S/C12H13N3O3S/c1-18-8-4-2-3-7(5-8)14-11(17)9-6-10(16)15-12(13)19-9/h2-5,9H,6H2,1H3,(H,14,17)(H2,13,15,16)/t9-/m0/s1. The molecule has 0 unspecified atom stereocenters. The maximum Gasteiger partial charge on any atom is 0.249 e. The van der Waals surface area contributed by atoms with Crippen LogP contribution >= 0.6 is 11.8 Å². The number of nitrogens with one attached hydrogen (secondary N) is 1. The number of aliphatic imine (C=N–C) groups is 1. The summed E-state index contributed by atoms with van der Waals surface area (Å²) in [6, 6.07) is 6.99. The third-order valence-electron chi connectivity index (χ3n) is 2.49. The lowest BCUT2D eigenvalue weighted by atomic mass is 10.2. The number of nitrogens with zero attached hydrogens (tertiary/aromatic N) is 1. The van der Waals surface area contributed by atoms with Crippen molar-refractivity contribution in [2.75, 3.05) is 12.4 Å². The Kier molecular flexibility index (Phi) is 4.06. The fraction of sp³-hybridized carbons (Fsp3) is 0.250. The second-order valence-corrected chi connectivity index (χ2v) is 5.10. The number of anilines is 1. The molecule has 1 aliphatic heterocycles. The van der Waals surface area contributed by atoms with Crippen molar-refractivity contribution in [3.05, 3.63) is 24.3 Å². The molecule has 0 aliphatic carbocycles. The average molecular weight is 279 g/mol. The lowest BCUT2D eigenvalue weighted by Gasteiger charge is -2.17. The average Bonchev–Trinajstić information content (AvgIpc) is 2.37. The number of carbonyl (C=O) groups excluding carboxylic acids is 2. The molecular weight excluding hydrogens is 266 g/mol. The number of methoxy groups -OCH3 is 1. The number of hydrogen-bond acceptors (Lipinski definition) is 5. The van der Waals surface area contributed by atoms with E-state index in [0.29, 0.717) is 11.4 Å². The molecule has 0 bridgehead atoms. The van der Waals surface area contributed by atoms with Crippen LogP contribution < -0.4 is 15.8 Å². The highest BCUT2D eigenvalue weighted by atomic mass is 32.2. The van der Waals surface area contributed by atoms with Crippen LogP contribution in [0.4, 0.5) is 5.69 Å². The van der Waals surface area contributed by atoms with E-state index in [-0.39, 0.29) is 23.4 Å². The van der Waals surface area contributed by atoms with Crippen LogP contribution in [0.15, 0.2) is 29.3 Å². The van der Waals surface area contributed by atoms with E-state index in [2.05, 4.69) is 10.3 Å². The van der Waals surface area contributed by atoms with Crippen molar-refractivity contribution in [3.8, 4) is 5.75 Å². The number of nitrogens with two attached hydrogens (primary N) is 1. The topological polar surface area (TPSA) is 93.8 Å². The summed E-state index contributed by atoms with van der Waals surface area (Å²) < 4.78 is 5.07. The zero-order chi connectivity index (χ0) is 13.8. The van der Waals surface area contributed by atoms with Gasteiger partial charge in [-0.2, -0.15) is 4.99 Å². The maximum atomic E-state index is 12.0. The summed E-state index contributed by atoms with van der Waals surface area (Å²) in [5.41, 5.74) is 6.09. The molecule has 2 rings (SSSR count). The second-order valence-electron chi connectivity index (χ2n) is 3.88. The predicted molar refractivity (Wildman–Crippen MR) is 74.2 cm³/mol. The summed E-state index contributed by atoms with van der Waals surface area (Å²) in [7, 11) is 1.55. The number of thioether (sulfide) groups is 1. The molecule has 1 aliphatic rings. The van der Waals surface area contributed by atoms with Crippen LogP contribution in [0.25, 0.3) is 0 Å². The van der Waals surface area contributed by atoms with Gasteiger partial charge in [0.15, 0.2) is 5.17 Å². The highest BCUT2D eigenvalue weighted by molar-refractivity contribution is 8.15. The Morgan fingerprint density at radius 2 is 2.37 bits per heavy atom. The van der Waals surface area contributed by atoms with Crippen molar-refractivity contribution in [3.63, 3.8) is 0 Å². The van der Waals surface area contributed by atoms with E-state index >= 15 is 0 Å². The Labute approximate surface area is 114 Å². The Hall–Kier alpha value is -2.02. The monoisotopic (exact) mass is 279 g/mol. The highest BCUT2D eigenvalue weighted by Gasteiger charge is 2.27. The summed E-state index contributed by atoms with van der Waals surface area (Å²) in [5.74, 6) is -0.00209. The number of benzene rings is 1. The molecule has 0 radical (unpaired) electrons. The van der Waals surface area contributed by atoms with Crippen molar-refractivity contribution in [2.24, 2.45) is 10.7 Å². The van der Waals surface area contributed by atoms with Gasteiger partial charge in [0.25, 0.3) is 0 Å². The number of amidine groups is 1. The first kappa shape index (κ1) is 13.4. The first-order valence-electron chi connectivity index (χ1n) is 5.57. The number of carbonyl (C=O) groups is 2. The molecule has 1 aromatic rings. The van der Waals surface area contributed by atoms with E-state index in [1.54, 1.807) is 31.4 Å². The van der Waals surface area contributed by atoms with Gasteiger partial charge in [-0.3, -0.25) is 9.59 Å². The summed E-state index contributed by atoms with van der Waals surface area (Å²) in [6.45, 7) is 0. The van der Waals surface area contributed by atoms with Crippen LogP contribution in [-0.4, -0.2) is 29.3 Å². The Morgan fingerprint density at radius 1 is 1.58 bits per heavy atom. The quantitative estimate of drug-likeness (QED) is 0.860. The molecule has 100 valence electrons. The van der Waals surface area contributed by atoms with Crippen LogP contribution in [0.3, 0.4) is 0 Å². The molecule has 19 heavy (non-hydrogen) atoms. The number of ether oxygens (including phenoxy) is 1. The zero-order valence-electron chi connectivity index (χ0n) is 10.3. The number of amides is 2. The molecule has 1 aromatic carbocycles. The molecule has 3 N–H and O–H groups in total. The Morgan fingerprint density at radius 3 is 3.05 bits per heavy atom. The number of hydrogen-bond donors (Lipinski definition) is 2. The van der Waals surface area contributed by atoms with Crippen molar-refractivity contribution in [1.29, 1.82) is 0 Å². The molecule has 0 saturated carbocycles. The normalized spacial score (nSPS) is 18.7. The van der Waals surface area contributed by atoms with Crippen molar-refractivity contribution in [1.82, 2.24) is 0 Å². The fourth-order valence-electron chi connectivity index (χ4n) is 1.61. The second kappa shape index (κ2) is 5.75. The molecule has 0 spiro atoms. The molecule has 2 amide bonds. The van der Waals surface area contributed by atoms with Crippen molar-refractivity contribution in [2.45, 2.75) is 11.7 Å². The van der Waals surface area contributed by atoms with Gasteiger partial charge >= 0.3 is 0 Å². The first-order valence-corrected chi connectivity index (χ1v) is 6.45. The van der Waals surface area contributed by atoms with Crippen LogP contribution in [0.5, 0.6) is 5.75 Å². The van der Waals surface area contributed by atoms with E-state index in [1.165, 1.54) is 0 Å². The van der Waals surface area contributed by atoms with Crippen LogP contribution in [0.1, 0.15) is 6.42 Å². The minimum absolute atomic E-state index is 0.0567. The molecule has 1 atom stereocenters.